The van der Waals surface area contributed by atoms with Gasteiger partial charge in [-0.25, -0.2) is 4.98 Å². The molecular weight excluding hydrogens is 232 g/mol. The second-order valence-electron chi connectivity index (χ2n) is 3.98. The van der Waals surface area contributed by atoms with Crippen molar-refractivity contribution in [1.29, 1.82) is 0 Å². The largest absolute Gasteiger partial charge is 0.296 e. The normalized spacial score (nSPS) is 10.8. The molecule has 1 rings (SSSR count). The van der Waals surface area contributed by atoms with Crippen LogP contribution >= 0.6 is 0 Å². The average Bonchev–Trinajstić information content (AvgIpc) is 2.26. The summed E-state index contributed by atoms with van der Waals surface area (Å²) in [5.41, 5.74) is 0.439. The monoisotopic (exact) mass is 250 g/mol. The first-order chi connectivity index (χ1) is 8.54. The summed E-state index contributed by atoms with van der Waals surface area (Å²) in [6.07, 6.45) is 4.68. The summed E-state index contributed by atoms with van der Waals surface area (Å²) in [5.74, 6) is -0.130. The second-order valence-corrected chi connectivity index (χ2v) is 3.98. The Hall–Kier alpha value is -1.98. The first kappa shape index (κ1) is 14.1. The van der Waals surface area contributed by atoms with Gasteiger partial charge in [-0.15, -0.1) is 0 Å². The molecule has 2 N–H and O–H groups in total. The molecule has 6 heteroatoms. The Morgan fingerprint density at radius 2 is 2.28 bits per heavy atom. The summed E-state index contributed by atoms with van der Waals surface area (Å²) in [7, 11) is 0. The molecule has 0 saturated heterocycles. The van der Waals surface area contributed by atoms with Crippen LogP contribution in [-0.4, -0.2) is 22.1 Å². The van der Waals surface area contributed by atoms with Crippen molar-refractivity contribution in [1.82, 2.24) is 9.97 Å². The number of nitrogens with zero attached hydrogens (tertiary/aromatic N) is 2. The van der Waals surface area contributed by atoms with Gasteiger partial charge in [-0.3, -0.25) is 24.9 Å². The summed E-state index contributed by atoms with van der Waals surface area (Å²) in [6.45, 7) is 5.13. The van der Waals surface area contributed by atoms with Gasteiger partial charge in [-0.2, -0.15) is 0 Å². The lowest BCUT2D eigenvalue weighted by Gasteiger charge is -2.03. The first-order valence-corrected chi connectivity index (χ1v) is 5.95. The summed E-state index contributed by atoms with van der Waals surface area (Å²) in [4.78, 5) is 33.3. The lowest BCUT2D eigenvalue weighted by atomic mass is 10.3. The number of aryl methyl sites for hydroxylation is 1. The number of hydrogen-bond acceptors (Lipinski definition) is 4. The maximum atomic E-state index is 11.7. The van der Waals surface area contributed by atoms with Gasteiger partial charge >= 0.3 is 0 Å². The van der Waals surface area contributed by atoms with Crippen molar-refractivity contribution in [3.05, 3.63) is 16.0 Å². The maximum Gasteiger partial charge on any atom is 0.278 e. The van der Waals surface area contributed by atoms with Crippen LogP contribution in [0.25, 0.3) is 0 Å². The fourth-order valence-electron chi connectivity index (χ4n) is 1.41. The molecule has 0 aliphatic carbocycles. The van der Waals surface area contributed by atoms with E-state index in [0.717, 1.165) is 19.3 Å². The number of H-pyrrole nitrogens is 1. The Bertz CT molecular complexity index is 505. The number of aromatic amines is 1. The fourth-order valence-corrected chi connectivity index (χ4v) is 1.41. The van der Waals surface area contributed by atoms with E-state index in [4.69, 9.17) is 0 Å². The maximum absolute atomic E-state index is 11.7. The molecule has 0 aliphatic rings. The lowest BCUT2D eigenvalue weighted by Crippen LogP contribution is -2.16. The molecule has 6 nitrogen and oxygen atoms in total. The molecule has 1 heterocycles. The van der Waals surface area contributed by atoms with Crippen molar-refractivity contribution in [2.24, 2.45) is 4.99 Å². The smallest absolute Gasteiger partial charge is 0.278 e. The number of amides is 1. The molecule has 0 aliphatic heterocycles. The number of aromatic nitrogens is 2. The van der Waals surface area contributed by atoms with E-state index in [0.29, 0.717) is 11.4 Å². The van der Waals surface area contributed by atoms with Crippen LogP contribution < -0.4 is 10.9 Å². The van der Waals surface area contributed by atoms with Crippen LogP contribution in [0.15, 0.2) is 9.79 Å². The molecule has 0 radical (unpaired) electrons. The van der Waals surface area contributed by atoms with Gasteiger partial charge in [0.05, 0.1) is 5.69 Å². The second kappa shape index (κ2) is 6.68. The molecule has 0 saturated carbocycles. The van der Waals surface area contributed by atoms with Gasteiger partial charge in [-0.1, -0.05) is 13.3 Å². The van der Waals surface area contributed by atoms with E-state index in [9.17, 15) is 9.59 Å². The van der Waals surface area contributed by atoms with Gasteiger partial charge in [0.2, 0.25) is 11.9 Å². The highest BCUT2D eigenvalue weighted by Gasteiger charge is 2.07. The zero-order chi connectivity index (χ0) is 13.5. The molecule has 0 atom stereocenters. The molecule has 0 bridgehead atoms. The number of unbranched alkanes of at least 4 members (excludes halogenated alkanes) is 2. The minimum absolute atomic E-state index is 0.150. The SMILES string of the molecule is CCCCC=Nc1c(C)nc(NC(C)=O)[nH]c1=O. The number of hydrogen-bond donors (Lipinski definition) is 2. The molecular formula is C12H18N4O2. The predicted octanol–water partition coefficient (Wildman–Crippen LogP) is 1.93. The van der Waals surface area contributed by atoms with Gasteiger partial charge in [0.1, 0.15) is 5.69 Å². The van der Waals surface area contributed by atoms with E-state index in [1.54, 1.807) is 13.1 Å². The number of rotatable bonds is 5. The Morgan fingerprint density at radius 1 is 1.56 bits per heavy atom. The van der Waals surface area contributed by atoms with E-state index in [1.165, 1.54) is 6.92 Å². The summed E-state index contributed by atoms with van der Waals surface area (Å²) in [6, 6.07) is 0. The van der Waals surface area contributed by atoms with E-state index in [2.05, 4.69) is 27.2 Å². The van der Waals surface area contributed by atoms with Gasteiger partial charge in [0, 0.05) is 13.1 Å². The van der Waals surface area contributed by atoms with Gasteiger partial charge < -0.3 is 0 Å². The van der Waals surface area contributed by atoms with Crippen molar-refractivity contribution in [2.45, 2.75) is 40.0 Å². The number of carbonyl (C=O) groups excluding carboxylic acids is 1. The molecule has 0 aromatic carbocycles. The Labute approximate surface area is 106 Å². The van der Waals surface area contributed by atoms with Crippen molar-refractivity contribution >= 4 is 23.8 Å². The standard InChI is InChI=1S/C12H18N4O2/c1-4-5-6-7-13-10-8(2)14-12(15-9(3)17)16-11(10)18/h7H,4-6H2,1-3H3,(H2,14,15,16,17,18). The quantitative estimate of drug-likeness (QED) is 0.618. The number of aliphatic imine (C=N–C) groups is 1. The van der Waals surface area contributed by atoms with E-state index in [-0.39, 0.29) is 17.4 Å². The highest BCUT2D eigenvalue weighted by Crippen LogP contribution is 2.11. The molecule has 0 unspecified atom stereocenters. The zero-order valence-corrected chi connectivity index (χ0v) is 10.9. The van der Waals surface area contributed by atoms with Gasteiger partial charge in [0.15, 0.2) is 0 Å². The highest BCUT2D eigenvalue weighted by atomic mass is 16.1. The van der Waals surface area contributed by atoms with Crippen LogP contribution in [0.3, 0.4) is 0 Å². The molecule has 18 heavy (non-hydrogen) atoms. The van der Waals surface area contributed by atoms with Crippen LogP contribution in [0.2, 0.25) is 0 Å². The minimum Gasteiger partial charge on any atom is -0.296 e. The van der Waals surface area contributed by atoms with E-state index < -0.39 is 0 Å². The highest BCUT2D eigenvalue weighted by molar-refractivity contribution is 5.86. The third-order valence-electron chi connectivity index (χ3n) is 2.27. The van der Waals surface area contributed by atoms with Gasteiger partial charge in [-0.05, 0) is 19.8 Å². The number of anilines is 1. The van der Waals surface area contributed by atoms with Crippen LogP contribution in [-0.2, 0) is 4.79 Å². The van der Waals surface area contributed by atoms with Crippen LogP contribution in [0.4, 0.5) is 11.6 Å². The minimum atomic E-state index is -0.348. The molecule has 0 spiro atoms. The number of nitrogens with one attached hydrogen (secondary N) is 2. The predicted molar refractivity (Wildman–Crippen MR) is 71.6 cm³/mol. The van der Waals surface area contributed by atoms with Crippen molar-refractivity contribution < 1.29 is 4.79 Å². The Balaban J connectivity index is 2.91. The Morgan fingerprint density at radius 3 is 2.83 bits per heavy atom. The van der Waals surface area contributed by atoms with Crippen LogP contribution in [0.1, 0.15) is 38.8 Å². The van der Waals surface area contributed by atoms with E-state index >= 15 is 0 Å². The zero-order valence-electron chi connectivity index (χ0n) is 10.9. The van der Waals surface area contributed by atoms with Crippen molar-refractivity contribution in [3.8, 4) is 0 Å². The molecule has 1 aromatic rings. The van der Waals surface area contributed by atoms with E-state index in [1.807, 2.05) is 0 Å². The van der Waals surface area contributed by atoms with Crippen LogP contribution in [0.5, 0.6) is 0 Å². The topological polar surface area (TPSA) is 87.2 Å². The summed E-state index contributed by atoms with van der Waals surface area (Å²) in [5, 5.41) is 2.43. The molecule has 1 aromatic heterocycles. The molecule has 1 amide bonds. The summed E-state index contributed by atoms with van der Waals surface area (Å²) < 4.78 is 0. The Kier molecular flexibility index (Phi) is 5.23. The average molecular weight is 250 g/mol. The third kappa shape index (κ3) is 4.12. The molecule has 98 valence electrons. The molecule has 0 fully saturated rings. The van der Waals surface area contributed by atoms with Crippen LogP contribution in [0, 0.1) is 6.92 Å². The van der Waals surface area contributed by atoms with Crippen molar-refractivity contribution in [2.75, 3.05) is 5.32 Å². The van der Waals surface area contributed by atoms with Gasteiger partial charge in [0.25, 0.3) is 5.56 Å². The lowest BCUT2D eigenvalue weighted by molar-refractivity contribution is -0.114. The first-order valence-electron chi connectivity index (χ1n) is 5.95. The van der Waals surface area contributed by atoms with Crippen molar-refractivity contribution in [3.63, 3.8) is 0 Å². The fraction of sp³-hybridized carbons (Fsp3) is 0.500. The summed E-state index contributed by atoms with van der Waals surface area (Å²) >= 11 is 0. The third-order valence-corrected chi connectivity index (χ3v) is 2.27. The number of carbonyl (C=O) groups is 1.